The maximum Gasteiger partial charge on any atom is 0.224 e. The van der Waals surface area contributed by atoms with E-state index in [1.54, 1.807) is 19.2 Å². The Labute approximate surface area is 111 Å². The van der Waals surface area contributed by atoms with Crippen molar-refractivity contribution < 1.29 is 24.1 Å². The molecule has 101 valence electrons. The van der Waals surface area contributed by atoms with Crippen LogP contribution in [-0.4, -0.2) is 28.4 Å². The van der Waals surface area contributed by atoms with Gasteiger partial charge in [-0.05, 0) is 12.1 Å². The average molecular weight is 263 g/mol. The van der Waals surface area contributed by atoms with Crippen LogP contribution >= 0.6 is 0 Å². The van der Waals surface area contributed by atoms with Gasteiger partial charge in [0, 0.05) is 6.07 Å². The summed E-state index contributed by atoms with van der Waals surface area (Å²) in [6.45, 7) is 0. The van der Waals surface area contributed by atoms with Crippen LogP contribution in [0.25, 0.3) is 10.8 Å². The number of fused-ring (bicyclic) bond motifs is 1. The number of rotatable bonds is 4. The molecule has 0 aliphatic carbocycles. The molecule has 0 fully saturated rings. The summed E-state index contributed by atoms with van der Waals surface area (Å²) >= 11 is 0. The lowest BCUT2D eigenvalue weighted by molar-refractivity contribution is 0.313. The van der Waals surface area contributed by atoms with Crippen molar-refractivity contribution >= 4 is 10.8 Å². The molecule has 1 radical (unpaired) electrons. The van der Waals surface area contributed by atoms with Crippen LogP contribution in [0.3, 0.4) is 0 Å². The summed E-state index contributed by atoms with van der Waals surface area (Å²) in [6, 6.07) is 4.86. The van der Waals surface area contributed by atoms with E-state index in [1.807, 2.05) is 0 Å². The molecule has 19 heavy (non-hydrogen) atoms. The molecule has 2 aromatic carbocycles. The van der Waals surface area contributed by atoms with Gasteiger partial charge in [0.1, 0.15) is 17.2 Å². The van der Waals surface area contributed by atoms with Crippen molar-refractivity contribution in [2.45, 2.75) is 0 Å². The third kappa shape index (κ3) is 1.97. The Morgan fingerprint density at radius 1 is 0.737 bits per heavy atom. The molecule has 2 rings (SSSR count). The molecular formula is C14H15O5. The summed E-state index contributed by atoms with van der Waals surface area (Å²) in [5.74, 6) is 1.50. The van der Waals surface area contributed by atoms with E-state index in [0.717, 1.165) is 0 Å². The zero-order valence-electron chi connectivity index (χ0n) is 11.3. The minimum atomic E-state index is -0.265. The van der Waals surface area contributed by atoms with Crippen LogP contribution in [0, 0.1) is 0 Å². The molecule has 0 heterocycles. The van der Waals surface area contributed by atoms with E-state index in [1.165, 1.54) is 27.4 Å². The maximum absolute atomic E-state index is 12.0. The minimum Gasteiger partial charge on any atom is -0.496 e. The molecule has 0 N–H and O–H groups in total. The molecule has 0 spiro atoms. The molecule has 2 aromatic rings. The van der Waals surface area contributed by atoms with Gasteiger partial charge in [0.2, 0.25) is 5.75 Å². The fraction of sp³-hybridized carbons (Fsp3) is 0.286. The first-order valence-corrected chi connectivity index (χ1v) is 5.64. The van der Waals surface area contributed by atoms with Crippen molar-refractivity contribution in [3.8, 4) is 28.7 Å². The molecule has 0 saturated heterocycles. The highest BCUT2D eigenvalue weighted by Crippen LogP contribution is 2.48. The first-order valence-electron chi connectivity index (χ1n) is 5.64. The Bertz CT molecular complexity index is 607. The molecule has 0 aromatic heterocycles. The molecule has 0 bridgehead atoms. The van der Waals surface area contributed by atoms with Gasteiger partial charge in [-0.25, -0.2) is 0 Å². The van der Waals surface area contributed by atoms with Crippen LogP contribution in [0.15, 0.2) is 18.2 Å². The molecule has 0 saturated carbocycles. The zero-order valence-corrected chi connectivity index (χ0v) is 11.3. The van der Waals surface area contributed by atoms with E-state index in [9.17, 15) is 5.11 Å². The van der Waals surface area contributed by atoms with E-state index in [0.29, 0.717) is 28.0 Å². The van der Waals surface area contributed by atoms with Gasteiger partial charge in [-0.1, -0.05) is 0 Å². The number of hydrogen-bond acceptors (Lipinski definition) is 4. The molecular weight excluding hydrogens is 248 g/mol. The summed E-state index contributed by atoms with van der Waals surface area (Å²) in [4.78, 5) is 0. The van der Waals surface area contributed by atoms with E-state index >= 15 is 0 Å². The van der Waals surface area contributed by atoms with Crippen LogP contribution in [-0.2, 0) is 5.11 Å². The van der Waals surface area contributed by atoms with Crippen LogP contribution in [0.1, 0.15) is 0 Å². The van der Waals surface area contributed by atoms with Crippen molar-refractivity contribution in [2.24, 2.45) is 0 Å². The van der Waals surface area contributed by atoms with Crippen molar-refractivity contribution in [2.75, 3.05) is 28.4 Å². The van der Waals surface area contributed by atoms with Crippen molar-refractivity contribution in [3.63, 3.8) is 0 Å². The van der Waals surface area contributed by atoms with Gasteiger partial charge < -0.3 is 18.9 Å². The maximum atomic E-state index is 12.0. The molecule has 0 unspecified atom stereocenters. The van der Waals surface area contributed by atoms with E-state index < -0.39 is 0 Å². The monoisotopic (exact) mass is 263 g/mol. The van der Waals surface area contributed by atoms with E-state index in [-0.39, 0.29) is 11.5 Å². The smallest absolute Gasteiger partial charge is 0.224 e. The van der Waals surface area contributed by atoms with Gasteiger partial charge in [-0.15, -0.1) is 0 Å². The molecule has 0 amide bonds. The quantitative estimate of drug-likeness (QED) is 0.850. The summed E-state index contributed by atoms with van der Waals surface area (Å²) in [5.41, 5.74) is 0. The van der Waals surface area contributed by atoms with Crippen molar-refractivity contribution in [1.29, 1.82) is 0 Å². The third-order valence-electron chi connectivity index (χ3n) is 2.95. The molecule has 0 atom stereocenters. The van der Waals surface area contributed by atoms with Gasteiger partial charge >= 0.3 is 0 Å². The SMILES string of the molecule is COc1ccc(OC)c2c(OC)c([O])cc(OC)c12. The first-order chi connectivity index (χ1) is 9.17. The standard InChI is InChI=1S/C14H15O5/c1-16-9-5-6-10(17-2)13-12(9)11(18-3)7-8(15)14(13)19-4/h5-7H,1-4H3. The van der Waals surface area contributed by atoms with Gasteiger partial charge in [0.25, 0.3) is 0 Å². The average Bonchev–Trinajstić information content (AvgIpc) is 2.45. The molecule has 5 heteroatoms. The molecule has 0 aliphatic rings. The Morgan fingerprint density at radius 3 is 1.74 bits per heavy atom. The summed E-state index contributed by atoms with van der Waals surface area (Å²) in [7, 11) is 6.03. The largest absolute Gasteiger partial charge is 0.496 e. The zero-order chi connectivity index (χ0) is 14.0. The fourth-order valence-corrected chi connectivity index (χ4v) is 2.12. The van der Waals surface area contributed by atoms with E-state index in [2.05, 4.69) is 0 Å². The lowest BCUT2D eigenvalue weighted by Crippen LogP contribution is -1.95. The predicted molar refractivity (Wildman–Crippen MR) is 70.3 cm³/mol. The number of ether oxygens (including phenoxy) is 4. The lowest BCUT2D eigenvalue weighted by Gasteiger charge is -2.15. The second-order valence-electron chi connectivity index (χ2n) is 3.83. The van der Waals surface area contributed by atoms with Gasteiger partial charge in [0.15, 0.2) is 5.75 Å². The molecule has 5 nitrogen and oxygen atoms in total. The highest BCUT2D eigenvalue weighted by atomic mass is 16.5. The van der Waals surface area contributed by atoms with Gasteiger partial charge in [-0.3, -0.25) is 5.11 Å². The van der Waals surface area contributed by atoms with Crippen LogP contribution in [0.4, 0.5) is 0 Å². The summed E-state index contributed by atoms with van der Waals surface area (Å²) in [6.07, 6.45) is 0. The first kappa shape index (κ1) is 13.1. The Kier molecular flexibility index (Phi) is 3.55. The lowest BCUT2D eigenvalue weighted by atomic mass is 10.1. The second-order valence-corrected chi connectivity index (χ2v) is 3.83. The highest BCUT2D eigenvalue weighted by Gasteiger charge is 2.21. The minimum absolute atomic E-state index is 0.214. The fourth-order valence-electron chi connectivity index (χ4n) is 2.12. The number of methoxy groups -OCH3 is 4. The van der Waals surface area contributed by atoms with Gasteiger partial charge in [0.05, 0.1) is 39.2 Å². The summed E-state index contributed by atoms with van der Waals surface area (Å²) in [5, 5.41) is 13.2. The number of hydrogen-bond donors (Lipinski definition) is 0. The van der Waals surface area contributed by atoms with Crippen LogP contribution in [0.2, 0.25) is 0 Å². The highest BCUT2D eigenvalue weighted by molar-refractivity contribution is 6.03. The summed E-state index contributed by atoms with van der Waals surface area (Å²) < 4.78 is 21.1. The Hall–Kier alpha value is -2.30. The third-order valence-corrected chi connectivity index (χ3v) is 2.95. The predicted octanol–water partition coefficient (Wildman–Crippen LogP) is 3.02. The van der Waals surface area contributed by atoms with Crippen molar-refractivity contribution in [1.82, 2.24) is 0 Å². The van der Waals surface area contributed by atoms with E-state index in [4.69, 9.17) is 18.9 Å². The second kappa shape index (κ2) is 5.14. The van der Waals surface area contributed by atoms with Crippen LogP contribution in [0.5, 0.6) is 28.7 Å². The number of benzene rings is 2. The Morgan fingerprint density at radius 2 is 1.26 bits per heavy atom. The van der Waals surface area contributed by atoms with Crippen molar-refractivity contribution in [3.05, 3.63) is 18.2 Å². The Balaban J connectivity index is 3.00. The normalized spacial score (nSPS) is 10.3. The molecule has 0 aliphatic heterocycles. The topological polar surface area (TPSA) is 56.8 Å². The van der Waals surface area contributed by atoms with Crippen LogP contribution < -0.4 is 18.9 Å². The van der Waals surface area contributed by atoms with Gasteiger partial charge in [-0.2, -0.15) is 0 Å².